The molecule has 0 bridgehead atoms. The summed E-state index contributed by atoms with van der Waals surface area (Å²) in [4.78, 5) is 11.1. The Kier molecular flexibility index (Phi) is 5.58. The topological polar surface area (TPSA) is 68.6 Å². The number of carbonyl (C=O) groups is 1. The maximum Gasteiger partial charge on any atom is 0.308 e. The van der Waals surface area contributed by atoms with Gasteiger partial charge in [0.2, 0.25) is 0 Å². The van der Waals surface area contributed by atoms with E-state index in [4.69, 9.17) is 14.2 Å². The summed E-state index contributed by atoms with van der Waals surface area (Å²) in [7, 11) is 0. The van der Waals surface area contributed by atoms with E-state index in [1.165, 1.54) is 6.92 Å². The van der Waals surface area contributed by atoms with Crippen LogP contribution in [0.1, 0.15) is 18.1 Å². The van der Waals surface area contributed by atoms with Crippen LogP contribution in [-0.4, -0.2) is 12.6 Å². The van der Waals surface area contributed by atoms with Crippen LogP contribution in [0, 0.1) is 18.3 Å². The van der Waals surface area contributed by atoms with Gasteiger partial charge in [-0.05, 0) is 31.2 Å². The molecule has 0 unspecified atom stereocenters. The highest BCUT2D eigenvalue weighted by molar-refractivity contribution is 5.70. The monoisotopic (exact) mass is 323 g/mol. The number of carbonyl (C=O) groups excluding carboxylic acids is 1. The Morgan fingerprint density at radius 1 is 1.25 bits per heavy atom. The van der Waals surface area contributed by atoms with Crippen LogP contribution in [0.15, 0.2) is 49.1 Å². The average molecular weight is 323 g/mol. The summed E-state index contributed by atoms with van der Waals surface area (Å²) >= 11 is 0. The number of hydrogen-bond donors (Lipinski definition) is 0. The Morgan fingerprint density at radius 3 is 2.67 bits per heavy atom. The number of benzene rings is 2. The molecule has 0 aliphatic heterocycles. The van der Waals surface area contributed by atoms with Crippen molar-refractivity contribution in [1.82, 2.24) is 0 Å². The van der Waals surface area contributed by atoms with Gasteiger partial charge in [-0.15, -0.1) is 0 Å². The molecule has 2 aromatic rings. The lowest BCUT2D eigenvalue weighted by Gasteiger charge is -2.13. The van der Waals surface area contributed by atoms with Gasteiger partial charge < -0.3 is 14.2 Å². The average Bonchev–Trinajstić information content (AvgIpc) is 2.56. The molecule has 2 aromatic carbocycles. The Balaban J connectivity index is 2.34. The summed E-state index contributed by atoms with van der Waals surface area (Å²) in [5, 5.41) is 9.25. The van der Waals surface area contributed by atoms with Crippen LogP contribution in [-0.2, 0) is 4.79 Å². The molecular formula is C19H17NO4. The fourth-order valence-electron chi connectivity index (χ4n) is 2.01. The Labute approximate surface area is 140 Å². The van der Waals surface area contributed by atoms with Gasteiger partial charge >= 0.3 is 5.97 Å². The highest BCUT2D eigenvalue weighted by Crippen LogP contribution is 2.34. The van der Waals surface area contributed by atoms with Gasteiger partial charge in [-0.1, -0.05) is 18.7 Å². The quantitative estimate of drug-likeness (QED) is 0.454. The second-order valence-electron chi connectivity index (χ2n) is 4.94. The van der Waals surface area contributed by atoms with Gasteiger partial charge in [0, 0.05) is 18.6 Å². The Hall–Kier alpha value is -3.26. The minimum atomic E-state index is -0.409. The molecule has 0 N–H and O–H groups in total. The summed E-state index contributed by atoms with van der Waals surface area (Å²) < 4.78 is 16.5. The fourth-order valence-corrected chi connectivity index (χ4v) is 2.01. The van der Waals surface area contributed by atoms with E-state index >= 15 is 0 Å². The lowest BCUT2D eigenvalue weighted by atomic mass is 10.2. The molecule has 0 radical (unpaired) electrons. The van der Waals surface area contributed by atoms with Crippen molar-refractivity contribution >= 4 is 5.97 Å². The third kappa shape index (κ3) is 4.14. The summed E-state index contributed by atoms with van der Waals surface area (Å²) in [5.41, 5.74) is 1.03. The van der Waals surface area contributed by atoms with Gasteiger partial charge in [0.05, 0.1) is 5.56 Å². The highest BCUT2D eigenvalue weighted by atomic mass is 16.5. The van der Waals surface area contributed by atoms with Crippen molar-refractivity contribution in [2.75, 3.05) is 6.61 Å². The summed E-state index contributed by atoms with van der Waals surface area (Å²) in [6, 6.07) is 12.2. The smallest absolute Gasteiger partial charge is 0.308 e. The summed E-state index contributed by atoms with van der Waals surface area (Å²) in [6.07, 6.45) is 1.63. The van der Waals surface area contributed by atoms with Crippen molar-refractivity contribution in [1.29, 1.82) is 5.26 Å². The SMILES string of the molecule is C=CCOc1ccc(C#N)c(Oc2cccc(OC(C)=O)c2C)c1. The summed E-state index contributed by atoms with van der Waals surface area (Å²) in [6.45, 7) is 7.06. The molecule has 0 amide bonds. The molecule has 0 aromatic heterocycles. The van der Waals surface area contributed by atoms with Gasteiger partial charge in [-0.25, -0.2) is 0 Å². The molecule has 0 heterocycles. The predicted molar refractivity (Wildman–Crippen MR) is 89.4 cm³/mol. The molecule has 24 heavy (non-hydrogen) atoms. The van der Waals surface area contributed by atoms with Crippen LogP contribution in [0.4, 0.5) is 0 Å². The first-order valence-corrected chi connectivity index (χ1v) is 7.29. The molecule has 0 atom stereocenters. The third-order valence-corrected chi connectivity index (χ3v) is 3.15. The minimum absolute atomic E-state index is 0.353. The van der Waals surface area contributed by atoms with E-state index < -0.39 is 5.97 Å². The fraction of sp³-hybridized carbons (Fsp3) is 0.158. The molecule has 5 nitrogen and oxygen atoms in total. The van der Waals surface area contributed by atoms with Gasteiger partial charge in [0.25, 0.3) is 0 Å². The highest BCUT2D eigenvalue weighted by Gasteiger charge is 2.12. The number of hydrogen-bond acceptors (Lipinski definition) is 5. The van der Waals surface area contributed by atoms with Gasteiger partial charge in [-0.2, -0.15) is 5.26 Å². The molecule has 0 aliphatic rings. The first-order chi connectivity index (χ1) is 11.5. The van der Waals surface area contributed by atoms with Crippen molar-refractivity contribution in [3.8, 4) is 29.1 Å². The molecular weight excluding hydrogens is 306 g/mol. The number of nitriles is 1. The van der Waals surface area contributed by atoms with Crippen LogP contribution >= 0.6 is 0 Å². The minimum Gasteiger partial charge on any atom is -0.489 e. The van der Waals surface area contributed by atoms with Crippen LogP contribution in [0.5, 0.6) is 23.0 Å². The number of rotatable bonds is 6. The van der Waals surface area contributed by atoms with Crippen molar-refractivity contribution in [3.05, 3.63) is 60.2 Å². The van der Waals surface area contributed by atoms with E-state index in [1.54, 1.807) is 49.4 Å². The maximum absolute atomic E-state index is 11.1. The second kappa shape index (κ2) is 7.84. The van der Waals surface area contributed by atoms with E-state index in [0.717, 1.165) is 0 Å². The van der Waals surface area contributed by atoms with E-state index in [0.29, 0.717) is 40.7 Å². The number of nitrogens with zero attached hydrogens (tertiary/aromatic N) is 1. The van der Waals surface area contributed by atoms with Gasteiger partial charge in [0.1, 0.15) is 35.7 Å². The standard InChI is InChI=1S/C19H17NO4/c1-4-10-22-16-9-8-15(12-20)19(11-16)24-18-7-5-6-17(13(18)2)23-14(3)21/h4-9,11H,1,10H2,2-3H3. The number of esters is 1. The first kappa shape index (κ1) is 17.1. The van der Waals surface area contributed by atoms with Crippen molar-refractivity contribution in [3.63, 3.8) is 0 Å². The summed E-state index contributed by atoms with van der Waals surface area (Å²) in [5.74, 6) is 1.43. The molecule has 5 heteroatoms. The zero-order chi connectivity index (χ0) is 17.5. The normalized spacial score (nSPS) is 9.71. The van der Waals surface area contributed by atoms with Crippen molar-refractivity contribution in [2.24, 2.45) is 0 Å². The first-order valence-electron chi connectivity index (χ1n) is 7.29. The Bertz CT molecular complexity index is 805. The molecule has 122 valence electrons. The molecule has 2 rings (SSSR count). The lowest BCUT2D eigenvalue weighted by molar-refractivity contribution is -0.131. The molecule has 0 aliphatic carbocycles. The largest absolute Gasteiger partial charge is 0.489 e. The second-order valence-corrected chi connectivity index (χ2v) is 4.94. The zero-order valence-electron chi connectivity index (χ0n) is 13.5. The van der Waals surface area contributed by atoms with Crippen LogP contribution in [0.25, 0.3) is 0 Å². The van der Waals surface area contributed by atoms with E-state index in [9.17, 15) is 10.1 Å². The Morgan fingerprint density at radius 2 is 2.00 bits per heavy atom. The predicted octanol–water partition coefficient (Wildman–Crippen LogP) is 4.15. The molecule has 0 fully saturated rings. The number of ether oxygens (including phenoxy) is 3. The maximum atomic E-state index is 11.1. The van der Waals surface area contributed by atoms with Gasteiger partial charge in [0.15, 0.2) is 0 Å². The van der Waals surface area contributed by atoms with Gasteiger partial charge in [-0.3, -0.25) is 4.79 Å². The van der Waals surface area contributed by atoms with Crippen molar-refractivity contribution < 1.29 is 19.0 Å². The van der Waals surface area contributed by atoms with E-state index in [-0.39, 0.29) is 0 Å². The van der Waals surface area contributed by atoms with Crippen LogP contribution in [0.2, 0.25) is 0 Å². The van der Waals surface area contributed by atoms with Crippen molar-refractivity contribution in [2.45, 2.75) is 13.8 Å². The molecule has 0 spiro atoms. The molecule has 0 saturated heterocycles. The van der Waals surface area contributed by atoms with E-state index in [2.05, 4.69) is 12.6 Å². The third-order valence-electron chi connectivity index (χ3n) is 3.15. The molecule has 0 saturated carbocycles. The lowest BCUT2D eigenvalue weighted by Crippen LogP contribution is -2.03. The zero-order valence-corrected chi connectivity index (χ0v) is 13.5. The van der Waals surface area contributed by atoms with Crippen LogP contribution in [0.3, 0.4) is 0 Å². The van der Waals surface area contributed by atoms with E-state index in [1.807, 2.05) is 0 Å². The van der Waals surface area contributed by atoms with Crippen LogP contribution < -0.4 is 14.2 Å².